The molecule has 0 unspecified atom stereocenters. The molecule has 106 valence electrons. The van der Waals surface area contributed by atoms with Gasteiger partial charge in [-0.25, -0.2) is 0 Å². The molecule has 0 N–H and O–H groups in total. The van der Waals surface area contributed by atoms with E-state index in [9.17, 15) is 0 Å². The van der Waals surface area contributed by atoms with Crippen molar-refractivity contribution in [2.75, 3.05) is 0 Å². The minimum absolute atomic E-state index is 0.165. The monoisotopic (exact) mass is 295 g/mol. The summed E-state index contributed by atoms with van der Waals surface area (Å²) in [5.74, 6) is 0. The molecule has 0 atom stereocenters. The van der Waals surface area contributed by atoms with Crippen LogP contribution in [0, 0.1) is 0 Å². The van der Waals surface area contributed by atoms with Crippen LogP contribution in [0.5, 0.6) is 0 Å². The molecule has 21 heavy (non-hydrogen) atoms. The van der Waals surface area contributed by atoms with Gasteiger partial charge in [0, 0.05) is 22.2 Å². The number of fused-ring (bicyclic) bond motifs is 1. The third-order valence-corrected chi connectivity index (χ3v) is 3.99. The van der Waals surface area contributed by atoms with Crippen LogP contribution in [0.2, 0.25) is 5.02 Å². The molecule has 0 aliphatic carbocycles. The zero-order valence-corrected chi connectivity index (χ0v) is 13.3. The lowest BCUT2D eigenvalue weighted by molar-refractivity contribution is 0.590. The summed E-state index contributed by atoms with van der Waals surface area (Å²) >= 11 is 6.07. The fourth-order valence-corrected chi connectivity index (χ4v) is 2.69. The Kier molecular flexibility index (Phi) is 3.46. The predicted octanol–water partition coefficient (Wildman–Crippen LogP) is 5.85. The van der Waals surface area contributed by atoms with Crippen molar-refractivity contribution < 1.29 is 0 Å². The smallest absolute Gasteiger partial charge is 0.0780 e. The summed E-state index contributed by atoms with van der Waals surface area (Å²) in [6.45, 7) is 6.67. The number of rotatable bonds is 1. The van der Waals surface area contributed by atoms with Crippen molar-refractivity contribution in [1.29, 1.82) is 0 Å². The van der Waals surface area contributed by atoms with E-state index < -0.39 is 0 Å². The van der Waals surface area contributed by atoms with E-state index in [1.807, 2.05) is 30.5 Å². The van der Waals surface area contributed by atoms with E-state index >= 15 is 0 Å². The Labute approximate surface area is 130 Å². The van der Waals surface area contributed by atoms with Crippen LogP contribution in [0.1, 0.15) is 26.3 Å². The van der Waals surface area contributed by atoms with Gasteiger partial charge in [-0.05, 0) is 34.6 Å². The first-order chi connectivity index (χ1) is 9.95. The molecule has 0 spiro atoms. The highest BCUT2D eigenvalue weighted by molar-refractivity contribution is 6.31. The van der Waals surface area contributed by atoms with Gasteiger partial charge in [0.2, 0.25) is 0 Å². The molecule has 0 aliphatic heterocycles. The van der Waals surface area contributed by atoms with Crippen LogP contribution in [-0.2, 0) is 5.41 Å². The molecule has 0 bridgehead atoms. The van der Waals surface area contributed by atoms with Gasteiger partial charge in [-0.15, -0.1) is 0 Å². The fraction of sp³-hybridized carbons (Fsp3) is 0.211. The van der Waals surface area contributed by atoms with Crippen molar-refractivity contribution in [1.82, 2.24) is 4.98 Å². The lowest BCUT2D eigenvalue weighted by atomic mass is 9.86. The van der Waals surface area contributed by atoms with Crippen molar-refractivity contribution in [3.05, 3.63) is 65.3 Å². The van der Waals surface area contributed by atoms with Crippen LogP contribution in [0.4, 0.5) is 0 Å². The molecule has 2 aromatic carbocycles. The van der Waals surface area contributed by atoms with Gasteiger partial charge in [-0.2, -0.15) is 0 Å². The van der Waals surface area contributed by atoms with E-state index in [0.29, 0.717) is 0 Å². The number of hydrogen-bond acceptors (Lipinski definition) is 1. The Hall–Kier alpha value is -1.86. The van der Waals surface area contributed by atoms with Gasteiger partial charge in [-0.1, -0.05) is 62.7 Å². The van der Waals surface area contributed by atoms with Gasteiger partial charge < -0.3 is 0 Å². The molecule has 1 heterocycles. The minimum Gasteiger partial charge on any atom is -0.256 e. The van der Waals surface area contributed by atoms with Crippen LogP contribution >= 0.6 is 11.6 Å². The predicted molar refractivity (Wildman–Crippen MR) is 90.9 cm³/mol. The lowest BCUT2D eigenvalue weighted by Gasteiger charge is -2.19. The SMILES string of the molecule is CC(C)(C)c1ccc(-c2nccc3cc(Cl)ccc23)cc1. The normalized spacial score (nSPS) is 11.8. The number of halogens is 1. The summed E-state index contributed by atoms with van der Waals surface area (Å²) < 4.78 is 0. The molecule has 2 heteroatoms. The molecule has 1 aromatic heterocycles. The second-order valence-corrected chi connectivity index (χ2v) is 6.79. The topological polar surface area (TPSA) is 12.9 Å². The Balaban J connectivity index is 2.12. The molecule has 0 saturated heterocycles. The zero-order chi connectivity index (χ0) is 15.0. The molecule has 0 aliphatic rings. The van der Waals surface area contributed by atoms with Crippen LogP contribution < -0.4 is 0 Å². The first-order valence-electron chi connectivity index (χ1n) is 7.10. The highest BCUT2D eigenvalue weighted by Crippen LogP contribution is 2.30. The highest BCUT2D eigenvalue weighted by atomic mass is 35.5. The molecular formula is C19H18ClN. The second kappa shape index (κ2) is 5.16. The van der Waals surface area contributed by atoms with Gasteiger partial charge in [0.05, 0.1) is 5.69 Å². The number of nitrogens with zero attached hydrogens (tertiary/aromatic N) is 1. The van der Waals surface area contributed by atoms with Crippen molar-refractivity contribution in [2.24, 2.45) is 0 Å². The third-order valence-electron chi connectivity index (χ3n) is 3.75. The van der Waals surface area contributed by atoms with Crippen LogP contribution in [0.25, 0.3) is 22.0 Å². The Morgan fingerprint density at radius 3 is 2.29 bits per heavy atom. The molecular weight excluding hydrogens is 278 g/mol. The summed E-state index contributed by atoms with van der Waals surface area (Å²) in [5.41, 5.74) is 3.63. The maximum Gasteiger partial charge on any atom is 0.0780 e. The fourth-order valence-electron chi connectivity index (χ4n) is 2.51. The number of aromatic nitrogens is 1. The van der Waals surface area contributed by atoms with Crippen LogP contribution in [0.15, 0.2) is 54.7 Å². The zero-order valence-electron chi connectivity index (χ0n) is 12.5. The average Bonchev–Trinajstić information content (AvgIpc) is 2.45. The first-order valence-corrected chi connectivity index (χ1v) is 7.48. The summed E-state index contributed by atoms with van der Waals surface area (Å²) in [6, 6.07) is 16.6. The molecule has 3 aromatic rings. The van der Waals surface area contributed by atoms with Crippen LogP contribution in [-0.4, -0.2) is 4.98 Å². The summed E-state index contributed by atoms with van der Waals surface area (Å²) in [6.07, 6.45) is 1.84. The minimum atomic E-state index is 0.165. The molecule has 1 nitrogen and oxygen atoms in total. The number of hydrogen-bond donors (Lipinski definition) is 0. The van der Waals surface area contributed by atoms with Gasteiger partial charge in [-0.3, -0.25) is 4.98 Å². The van der Waals surface area contributed by atoms with Gasteiger partial charge in [0.1, 0.15) is 0 Å². The van der Waals surface area contributed by atoms with E-state index in [-0.39, 0.29) is 5.41 Å². The van der Waals surface area contributed by atoms with Gasteiger partial charge in [0.15, 0.2) is 0 Å². The first kappa shape index (κ1) is 14.1. The Bertz CT molecular complexity index is 783. The molecule has 3 rings (SSSR count). The maximum atomic E-state index is 6.07. The maximum absolute atomic E-state index is 6.07. The second-order valence-electron chi connectivity index (χ2n) is 6.35. The van der Waals surface area contributed by atoms with Crippen molar-refractivity contribution in [2.45, 2.75) is 26.2 Å². The Morgan fingerprint density at radius 2 is 1.62 bits per heavy atom. The van der Waals surface area contributed by atoms with Crippen molar-refractivity contribution in [3.8, 4) is 11.3 Å². The molecule has 0 amide bonds. The molecule has 0 fully saturated rings. The summed E-state index contributed by atoms with van der Waals surface area (Å²) in [7, 11) is 0. The lowest BCUT2D eigenvalue weighted by Crippen LogP contribution is -2.10. The van der Waals surface area contributed by atoms with Crippen LogP contribution in [0.3, 0.4) is 0 Å². The third kappa shape index (κ3) is 2.79. The summed E-state index contributed by atoms with van der Waals surface area (Å²) in [5, 5.41) is 3.00. The van der Waals surface area contributed by atoms with Crippen molar-refractivity contribution in [3.63, 3.8) is 0 Å². The number of pyridine rings is 1. The highest BCUT2D eigenvalue weighted by Gasteiger charge is 2.13. The average molecular weight is 296 g/mol. The van der Waals surface area contributed by atoms with E-state index in [1.165, 1.54) is 5.56 Å². The standard InChI is InChI=1S/C19H18ClN/c1-19(2,3)15-6-4-13(5-7-15)18-17-9-8-16(20)12-14(17)10-11-21-18/h4-12H,1-3H3. The molecule has 0 radical (unpaired) electrons. The number of benzene rings is 2. The summed E-state index contributed by atoms with van der Waals surface area (Å²) in [4.78, 5) is 4.56. The molecule has 0 saturated carbocycles. The van der Waals surface area contributed by atoms with Gasteiger partial charge >= 0.3 is 0 Å². The largest absolute Gasteiger partial charge is 0.256 e. The van der Waals surface area contributed by atoms with E-state index in [1.54, 1.807) is 0 Å². The van der Waals surface area contributed by atoms with Gasteiger partial charge in [0.25, 0.3) is 0 Å². The van der Waals surface area contributed by atoms with E-state index in [4.69, 9.17) is 11.6 Å². The Morgan fingerprint density at radius 1 is 0.905 bits per heavy atom. The van der Waals surface area contributed by atoms with Crippen molar-refractivity contribution >= 4 is 22.4 Å². The quantitative estimate of drug-likeness (QED) is 0.548. The van der Waals surface area contributed by atoms with E-state index in [0.717, 1.165) is 27.1 Å². The van der Waals surface area contributed by atoms with E-state index in [2.05, 4.69) is 50.0 Å².